The summed E-state index contributed by atoms with van der Waals surface area (Å²) in [5, 5.41) is 11.4. The highest BCUT2D eigenvalue weighted by atomic mass is 16.4. The van der Waals surface area contributed by atoms with Gasteiger partial charge in [-0.1, -0.05) is 30.3 Å². The summed E-state index contributed by atoms with van der Waals surface area (Å²) in [7, 11) is 0. The third kappa shape index (κ3) is 2.22. The van der Waals surface area contributed by atoms with Crippen molar-refractivity contribution < 1.29 is 9.90 Å². The van der Waals surface area contributed by atoms with Gasteiger partial charge in [-0.2, -0.15) is 0 Å². The van der Waals surface area contributed by atoms with Gasteiger partial charge in [-0.3, -0.25) is 14.6 Å². The molecular formula is C21H15N3O4. The number of fused-ring (bicyclic) bond motifs is 2. The van der Waals surface area contributed by atoms with Crippen molar-refractivity contribution in [1.29, 1.82) is 0 Å². The molecule has 0 spiro atoms. The van der Waals surface area contributed by atoms with Crippen molar-refractivity contribution in [2.75, 3.05) is 0 Å². The van der Waals surface area contributed by atoms with Crippen LogP contribution in [0.1, 0.15) is 18.4 Å². The number of nitrogens with one attached hydrogen (secondary N) is 1. The summed E-state index contributed by atoms with van der Waals surface area (Å²) in [6.45, 7) is 0. The average molecular weight is 373 g/mol. The highest BCUT2D eigenvalue weighted by Crippen LogP contribution is 2.48. The monoisotopic (exact) mass is 373 g/mol. The van der Waals surface area contributed by atoms with Crippen molar-refractivity contribution in [2.24, 2.45) is 0 Å². The fraction of sp³-hybridized carbons (Fsp3) is 0.143. The first-order chi connectivity index (χ1) is 13.5. The molecule has 4 aromatic rings. The molecule has 0 unspecified atom stereocenters. The van der Waals surface area contributed by atoms with Crippen molar-refractivity contribution >= 4 is 27.6 Å². The summed E-state index contributed by atoms with van der Waals surface area (Å²) < 4.78 is 1.06. The Morgan fingerprint density at radius 1 is 1.07 bits per heavy atom. The molecule has 28 heavy (non-hydrogen) atoms. The molecule has 0 atom stereocenters. The molecule has 7 nitrogen and oxygen atoms in total. The van der Waals surface area contributed by atoms with Crippen molar-refractivity contribution in [3.63, 3.8) is 0 Å². The van der Waals surface area contributed by atoms with Crippen LogP contribution in [-0.2, 0) is 10.2 Å². The average Bonchev–Trinajstić information content (AvgIpc) is 3.50. The Labute approximate surface area is 157 Å². The first kappa shape index (κ1) is 16.4. The van der Waals surface area contributed by atoms with Crippen LogP contribution >= 0.6 is 0 Å². The molecule has 0 amide bonds. The molecule has 2 N–H and O–H groups in total. The first-order valence-corrected chi connectivity index (χ1v) is 8.87. The largest absolute Gasteiger partial charge is 0.481 e. The van der Waals surface area contributed by atoms with E-state index >= 15 is 0 Å². The molecular weight excluding hydrogens is 358 g/mol. The van der Waals surface area contributed by atoms with E-state index in [0.29, 0.717) is 29.6 Å². The van der Waals surface area contributed by atoms with Crippen LogP contribution in [0.2, 0.25) is 0 Å². The highest BCUT2D eigenvalue weighted by Gasteiger charge is 2.51. The number of hydrogen-bond donors (Lipinski definition) is 2. The zero-order valence-corrected chi connectivity index (χ0v) is 14.7. The highest BCUT2D eigenvalue weighted by molar-refractivity contribution is 5.90. The van der Waals surface area contributed by atoms with Gasteiger partial charge in [0, 0.05) is 17.0 Å². The van der Waals surface area contributed by atoms with E-state index in [0.717, 1.165) is 15.3 Å². The number of benzene rings is 2. The van der Waals surface area contributed by atoms with Gasteiger partial charge < -0.3 is 10.1 Å². The standard InChI is InChI=1S/C21H15N3O4/c25-18-15-9-13(21(7-8-21)19(26)27)5-6-16(15)23-20(28)24(18)17-11-22-10-12-3-1-2-4-14(12)17/h1-6,9-11H,7-8H2,(H,23,28)(H,26,27). The van der Waals surface area contributed by atoms with E-state index in [-0.39, 0.29) is 5.39 Å². The third-order valence-corrected chi connectivity index (χ3v) is 5.50. The second-order valence-corrected chi connectivity index (χ2v) is 7.10. The van der Waals surface area contributed by atoms with E-state index in [1.807, 2.05) is 24.3 Å². The molecule has 2 heterocycles. The maximum atomic E-state index is 13.2. The molecule has 1 aliphatic carbocycles. The maximum absolute atomic E-state index is 13.2. The quantitative estimate of drug-likeness (QED) is 0.573. The van der Waals surface area contributed by atoms with Crippen molar-refractivity contribution in [3.05, 3.63) is 81.3 Å². The molecule has 1 aliphatic rings. The minimum absolute atomic E-state index is 0.276. The van der Waals surface area contributed by atoms with Crippen LogP contribution in [0, 0.1) is 0 Å². The van der Waals surface area contributed by atoms with E-state index in [9.17, 15) is 19.5 Å². The summed E-state index contributed by atoms with van der Waals surface area (Å²) in [6, 6.07) is 12.2. The van der Waals surface area contributed by atoms with Crippen LogP contribution in [0.4, 0.5) is 0 Å². The summed E-state index contributed by atoms with van der Waals surface area (Å²) >= 11 is 0. The number of carboxylic acids is 1. The number of H-pyrrole nitrogens is 1. The summed E-state index contributed by atoms with van der Waals surface area (Å²) in [5.41, 5.74) is -0.648. The number of rotatable bonds is 3. The lowest BCUT2D eigenvalue weighted by molar-refractivity contribution is -0.140. The Morgan fingerprint density at radius 3 is 2.61 bits per heavy atom. The molecule has 0 aliphatic heterocycles. The molecule has 5 rings (SSSR count). The van der Waals surface area contributed by atoms with Crippen molar-refractivity contribution in [3.8, 4) is 5.69 Å². The number of aromatic nitrogens is 3. The van der Waals surface area contributed by atoms with Gasteiger partial charge in [0.1, 0.15) is 0 Å². The van der Waals surface area contributed by atoms with Gasteiger partial charge in [-0.25, -0.2) is 9.36 Å². The number of carboxylic acid groups (broad SMARTS) is 1. The second-order valence-electron chi connectivity index (χ2n) is 7.10. The summed E-state index contributed by atoms with van der Waals surface area (Å²) in [6.07, 6.45) is 4.23. The number of hydrogen-bond acceptors (Lipinski definition) is 4. The number of aliphatic carboxylic acids is 1. The van der Waals surface area contributed by atoms with Gasteiger partial charge in [0.25, 0.3) is 5.56 Å². The number of aromatic amines is 1. The van der Waals surface area contributed by atoms with E-state index in [4.69, 9.17) is 0 Å². The minimum atomic E-state index is -0.928. The predicted octanol–water partition coefficient (Wildman–Crippen LogP) is 2.34. The Morgan fingerprint density at radius 2 is 1.86 bits per heavy atom. The molecule has 0 bridgehead atoms. The van der Waals surface area contributed by atoms with E-state index in [2.05, 4.69) is 9.97 Å². The zero-order chi connectivity index (χ0) is 19.5. The zero-order valence-electron chi connectivity index (χ0n) is 14.7. The number of pyridine rings is 1. The SMILES string of the molecule is O=C(O)C1(c2ccc3[nH]c(=O)n(-c4cncc5ccccc45)c(=O)c3c2)CC1. The summed E-state index contributed by atoms with van der Waals surface area (Å²) in [5.74, 6) is -0.894. The van der Waals surface area contributed by atoms with E-state index in [1.54, 1.807) is 24.4 Å². The van der Waals surface area contributed by atoms with E-state index in [1.165, 1.54) is 6.20 Å². The Hall–Kier alpha value is -3.74. The lowest BCUT2D eigenvalue weighted by Gasteiger charge is -2.12. The molecule has 2 aromatic carbocycles. The summed E-state index contributed by atoms with van der Waals surface area (Å²) in [4.78, 5) is 44.4. The molecule has 7 heteroatoms. The Balaban J connectivity index is 1.82. The number of carbonyl (C=O) groups is 1. The molecule has 1 fully saturated rings. The van der Waals surface area contributed by atoms with Crippen LogP contribution in [-0.4, -0.2) is 25.6 Å². The van der Waals surface area contributed by atoms with Crippen LogP contribution in [0.15, 0.2) is 64.4 Å². The molecule has 2 aromatic heterocycles. The van der Waals surface area contributed by atoms with Gasteiger partial charge in [0.15, 0.2) is 0 Å². The fourth-order valence-corrected chi connectivity index (χ4v) is 3.76. The number of nitrogens with zero attached hydrogens (tertiary/aromatic N) is 2. The topological polar surface area (TPSA) is 105 Å². The second kappa shape index (κ2) is 5.63. The van der Waals surface area contributed by atoms with Crippen LogP contribution in [0.5, 0.6) is 0 Å². The van der Waals surface area contributed by atoms with Crippen LogP contribution < -0.4 is 11.2 Å². The van der Waals surface area contributed by atoms with Crippen molar-refractivity contribution in [1.82, 2.24) is 14.5 Å². The first-order valence-electron chi connectivity index (χ1n) is 8.87. The van der Waals surface area contributed by atoms with Gasteiger partial charge in [0.05, 0.1) is 28.2 Å². The molecule has 138 valence electrons. The van der Waals surface area contributed by atoms with Gasteiger partial charge in [0.2, 0.25) is 0 Å². The minimum Gasteiger partial charge on any atom is -0.481 e. The lowest BCUT2D eigenvalue weighted by atomic mass is 9.95. The molecule has 1 saturated carbocycles. The maximum Gasteiger partial charge on any atom is 0.333 e. The van der Waals surface area contributed by atoms with Gasteiger partial charge >= 0.3 is 11.7 Å². The normalized spacial score (nSPS) is 15.0. The smallest absolute Gasteiger partial charge is 0.333 e. The third-order valence-electron chi connectivity index (χ3n) is 5.50. The van der Waals surface area contributed by atoms with Crippen LogP contribution in [0.25, 0.3) is 27.4 Å². The van der Waals surface area contributed by atoms with Gasteiger partial charge in [-0.15, -0.1) is 0 Å². The molecule has 0 saturated heterocycles. The Kier molecular flexibility index (Phi) is 3.30. The van der Waals surface area contributed by atoms with Gasteiger partial charge in [-0.05, 0) is 30.5 Å². The fourth-order valence-electron chi connectivity index (χ4n) is 3.76. The van der Waals surface area contributed by atoms with E-state index < -0.39 is 22.6 Å². The Bertz CT molecular complexity index is 1390. The predicted molar refractivity (Wildman–Crippen MR) is 104 cm³/mol. The molecule has 0 radical (unpaired) electrons. The lowest BCUT2D eigenvalue weighted by Crippen LogP contribution is -2.34. The van der Waals surface area contributed by atoms with Crippen LogP contribution in [0.3, 0.4) is 0 Å². The van der Waals surface area contributed by atoms with Crippen molar-refractivity contribution in [2.45, 2.75) is 18.3 Å².